The molecule has 0 aromatic heterocycles. The molecule has 0 aliphatic heterocycles. The van der Waals surface area contributed by atoms with E-state index in [4.69, 9.17) is 4.74 Å². The lowest BCUT2D eigenvalue weighted by molar-refractivity contribution is 0.106. The summed E-state index contributed by atoms with van der Waals surface area (Å²) in [6.07, 6.45) is 0.402. The van der Waals surface area contributed by atoms with Gasteiger partial charge >= 0.3 is 0 Å². The van der Waals surface area contributed by atoms with Gasteiger partial charge in [0.25, 0.3) is 0 Å². The number of aliphatic hydroxyl groups is 1. The zero-order valence-corrected chi connectivity index (χ0v) is 15.0. The molecule has 25 heavy (non-hydrogen) atoms. The number of nitrogens with one attached hydrogen (secondary N) is 2. The predicted molar refractivity (Wildman–Crippen MR) is 102 cm³/mol. The van der Waals surface area contributed by atoms with Gasteiger partial charge in [-0.3, -0.25) is 0 Å². The Balaban J connectivity index is 1.56. The first kappa shape index (κ1) is 19.1. The number of aliphatic hydroxyl groups excluding tert-OH is 1. The number of hydrogen-bond acceptors (Lipinski definition) is 5. The molecule has 2 aromatic rings. The Hall–Kier alpha value is -2.24. The average Bonchev–Trinajstić information content (AvgIpc) is 2.59. The molecule has 2 aromatic carbocycles. The highest BCUT2D eigenvalue weighted by molar-refractivity contribution is 5.56. The number of rotatable bonds is 10. The van der Waals surface area contributed by atoms with Crippen LogP contribution in [0.5, 0.6) is 11.5 Å². The minimum atomic E-state index is -0.569. The van der Waals surface area contributed by atoms with Crippen LogP contribution in [0.25, 0.3) is 0 Å². The lowest BCUT2D eigenvalue weighted by atomic mass is 10.1. The average molecular weight is 344 g/mol. The summed E-state index contributed by atoms with van der Waals surface area (Å²) in [7, 11) is 0. The van der Waals surface area contributed by atoms with Crippen LogP contribution in [-0.2, 0) is 0 Å². The second kappa shape index (κ2) is 9.91. The maximum absolute atomic E-state index is 9.92. The van der Waals surface area contributed by atoms with Crippen molar-refractivity contribution in [3.05, 3.63) is 53.6 Å². The summed E-state index contributed by atoms with van der Waals surface area (Å²) in [5, 5.41) is 25.8. The van der Waals surface area contributed by atoms with E-state index in [2.05, 4.69) is 42.7 Å². The quantitative estimate of drug-likeness (QED) is 0.499. The van der Waals surface area contributed by atoms with E-state index in [1.54, 1.807) is 24.3 Å². The van der Waals surface area contributed by atoms with Gasteiger partial charge in [-0.15, -0.1) is 0 Å². The third-order valence-electron chi connectivity index (χ3n) is 3.97. The molecule has 0 bridgehead atoms. The van der Waals surface area contributed by atoms with Crippen LogP contribution < -0.4 is 15.4 Å². The van der Waals surface area contributed by atoms with Crippen LogP contribution in [0, 0.1) is 13.8 Å². The summed E-state index contributed by atoms with van der Waals surface area (Å²) in [5.74, 6) is 0.832. The number of hydrogen-bond donors (Lipinski definition) is 4. The molecular weight excluding hydrogens is 316 g/mol. The monoisotopic (exact) mass is 344 g/mol. The molecule has 0 aliphatic carbocycles. The first-order valence-electron chi connectivity index (χ1n) is 8.67. The van der Waals surface area contributed by atoms with Crippen molar-refractivity contribution < 1.29 is 14.9 Å². The number of phenolic OH excluding ortho intramolecular Hbond substituents is 1. The van der Waals surface area contributed by atoms with Crippen molar-refractivity contribution in [2.75, 3.05) is 31.6 Å². The van der Waals surface area contributed by atoms with Crippen molar-refractivity contribution >= 4 is 5.69 Å². The Kier molecular flexibility index (Phi) is 7.57. The van der Waals surface area contributed by atoms with Crippen LogP contribution in [0.3, 0.4) is 0 Å². The standard InChI is InChI=1S/C20H28N2O3/c1-15-5-3-6-16(2)20(15)22-12-4-11-21-13-18(24)14-25-19-9-7-17(23)8-10-19/h3,5-10,18,21-24H,4,11-14H2,1-2H3. The molecule has 0 saturated carbocycles. The maximum Gasteiger partial charge on any atom is 0.119 e. The molecule has 0 heterocycles. The largest absolute Gasteiger partial charge is 0.508 e. The molecule has 0 aliphatic rings. The molecule has 2 rings (SSSR count). The molecule has 1 atom stereocenters. The summed E-state index contributed by atoms with van der Waals surface area (Å²) in [4.78, 5) is 0. The van der Waals surface area contributed by atoms with E-state index in [1.165, 1.54) is 16.8 Å². The number of phenols is 1. The van der Waals surface area contributed by atoms with Gasteiger partial charge in [0.1, 0.15) is 24.2 Å². The van der Waals surface area contributed by atoms with Crippen LogP contribution in [0.4, 0.5) is 5.69 Å². The number of aryl methyl sites for hydroxylation is 2. The van der Waals surface area contributed by atoms with E-state index in [0.717, 1.165) is 19.5 Å². The van der Waals surface area contributed by atoms with Gasteiger partial charge in [-0.1, -0.05) is 18.2 Å². The Morgan fingerprint density at radius 1 is 1.00 bits per heavy atom. The van der Waals surface area contributed by atoms with Crippen LogP contribution in [0.15, 0.2) is 42.5 Å². The van der Waals surface area contributed by atoms with Gasteiger partial charge in [-0.2, -0.15) is 0 Å². The van der Waals surface area contributed by atoms with Gasteiger partial charge in [-0.05, 0) is 62.2 Å². The summed E-state index contributed by atoms with van der Waals surface area (Å²) >= 11 is 0. The fraction of sp³-hybridized carbons (Fsp3) is 0.400. The van der Waals surface area contributed by atoms with Gasteiger partial charge in [0.05, 0.1) is 0 Å². The molecule has 136 valence electrons. The highest BCUT2D eigenvalue weighted by Crippen LogP contribution is 2.19. The topological polar surface area (TPSA) is 73.8 Å². The Bertz CT molecular complexity index is 624. The normalized spacial score (nSPS) is 12.0. The molecular formula is C20H28N2O3. The molecule has 0 amide bonds. The Labute approximate surface area is 149 Å². The molecule has 1 unspecified atom stereocenters. The fourth-order valence-corrected chi connectivity index (χ4v) is 2.58. The number of benzene rings is 2. The number of anilines is 1. The van der Waals surface area contributed by atoms with Gasteiger partial charge in [0, 0.05) is 18.8 Å². The summed E-state index contributed by atoms with van der Waals surface area (Å²) < 4.78 is 5.47. The van der Waals surface area contributed by atoms with Gasteiger partial charge in [-0.25, -0.2) is 0 Å². The van der Waals surface area contributed by atoms with Crippen molar-refractivity contribution in [2.45, 2.75) is 26.4 Å². The molecule has 0 spiro atoms. The highest BCUT2D eigenvalue weighted by Gasteiger charge is 2.05. The lowest BCUT2D eigenvalue weighted by Gasteiger charge is -2.14. The molecule has 5 heteroatoms. The molecule has 4 N–H and O–H groups in total. The third-order valence-corrected chi connectivity index (χ3v) is 3.97. The summed E-state index contributed by atoms with van der Waals surface area (Å²) in [6, 6.07) is 12.8. The van der Waals surface area contributed by atoms with Crippen LogP contribution >= 0.6 is 0 Å². The fourth-order valence-electron chi connectivity index (χ4n) is 2.58. The van der Waals surface area contributed by atoms with E-state index in [0.29, 0.717) is 12.3 Å². The highest BCUT2D eigenvalue weighted by atomic mass is 16.5. The van der Waals surface area contributed by atoms with Crippen LogP contribution in [-0.4, -0.2) is 42.6 Å². The third kappa shape index (κ3) is 6.64. The molecule has 0 fully saturated rings. The van der Waals surface area contributed by atoms with Gasteiger partial charge in [0.2, 0.25) is 0 Å². The first-order valence-corrected chi connectivity index (χ1v) is 8.67. The van der Waals surface area contributed by atoms with Crippen molar-refractivity contribution in [1.82, 2.24) is 5.32 Å². The van der Waals surface area contributed by atoms with E-state index in [-0.39, 0.29) is 12.4 Å². The van der Waals surface area contributed by atoms with Gasteiger partial charge < -0.3 is 25.6 Å². The predicted octanol–water partition coefficient (Wildman–Crippen LogP) is 2.84. The van der Waals surface area contributed by atoms with Crippen molar-refractivity contribution in [3.63, 3.8) is 0 Å². The van der Waals surface area contributed by atoms with Crippen molar-refractivity contribution in [1.29, 1.82) is 0 Å². The van der Waals surface area contributed by atoms with Gasteiger partial charge in [0.15, 0.2) is 0 Å². The second-order valence-corrected chi connectivity index (χ2v) is 6.21. The summed E-state index contributed by atoms with van der Waals surface area (Å²) in [6.45, 7) is 6.64. The first-order chi connectivity index (χ1) is 12.1. The number of aromatic hydroxyl groups is 1. The van der Waals surface area contributed by atoms with Crippen molar-refractivity contribution in [3.8, 4) is 11.5 Å². The zero-order valence-electron chi connectivity index (χ0n) is 15.0. The Morgan fingerprint density at radius 2 is 1.68 bits per heavy atom. The van der Waals surface area contributed by atoms with E-state index in [9.17, 15) is 10.2 Å². The number of para-hydroxylation sites is 1. The summed E-state index contributed by atoms with van der Waals surface area (Å²) in [5.41, 5.74) is 3.73. The van der Waals surface area contributed by atoms with E-state index in [1.807, 2.05) is 0 Å². The SMILES string of the molecule is Cc1cccc(C)c1NCCCNCC(O)COc1ccc(O)cc1. The molecule has 0 radical (unpaired) electrons. The minimum absolute atomic E-state index is 0.198. The maximum atomic E-state index is 9.92. The smallest absolute Gasteiger partial charge is 0.119 e. The van der Waals surface area contributed by atoms with Crippen LogP contribution in [0.1, 0.15) is 17.5 Å². The molecule has 0 saturated heterocycles. The minimum Gasteiger partial charge on any atom is -0.508 e. The second-order valence-electron chi connectivity index (χ2n) is 6.21. The zero-order chi connectivity index (χ0) is 18.1. The Morgan fingerprint density at radius 3 is 2.36 bits per heavy atom. The number of ether oxygens (including phenoxy) is 1. The van der Waals surface area contributed by atoms with E-state index >= 15 is 0 Å². The van der Waals surface area contributed by atoms with Crippen LogP contribution in [0.2, 0.25) is 0 Å². The van der Waals surface area contributed by atoms with E-state index < -0.39 is 6.10 Å². The van der Waals surface area contributed by atoms with Crippen molar-refractivity contribution in [2.24, 2.45) is 0 Å². The lowest BCUT2D eigenvalue weighted by Crippen LogP contribution is -2.32. The molecule has 5 nitrogen and oxygen atoms in total.